The number of thiol groups is 2. The Hall–Kier alpha value is -6.08. The molecule has 2 heterocycles. The minimum Gasteiger partial charge on any atom is -0.481 e. The van der Waals surface area contributed by atoms with Crippen molar-refractivity contribution in [1.29, 1.82) is 0 Å². The molecule has 1 saturated heterocycles. The van der Waals surface area contributed by atoms with Crippen molar-refractivity contribution >= 4 is 95.4 Å². The highest BCUT2D eigenvalue weighted by Gasteiger charge is 2.40. The number of fused-ring (bicyclic) bond motifs is 1. The van der Waals surface area contributed by atoms with Crippen molar-refractivity contribution < 1.29 is 53.4 Å². The van der Waals surface area contributed by atoms with Crippen molar-refractivity contribution in [2.45, 2.75) is 94.7 Å². The lowest BCUT2D eigenvalue weighted by Gasteiger charge is -2.30. The first-order valence-electron chi connectivity index (χ1n) is 20.4. The zero-order valence-corrected chi connectivity index (χ0v) is 37.2. The van der Waals surface area contributed by atoms with E-state index in [2.05, 4.69) is 67.1 Å². The maximum atomic E-state index is 14.3. The number of carbonyl (C=O) groups excluding carboxylic acids is 7. The van der Waals surface area contributed by atoms with Crippen molar-refractivity contribution in [3.05, 3.63) is 36.0 Å². The average molecular weight is 935 g/mol. The summed E-state index contributed by atoms with van der Waals surface area (Å²) in [5.74, 6) is -9.50. The number of carboxylic acid groups (broad SMARTS) is 2. The van der Waals surface area contributed by atoms with E-state index in [0.29, 0.717) is 22.9 Å². The third-order valence-electron chi connectivity index (χ3n) is 10.2. The number of guanidine groups is 1. The van der Waals surface area contributed by atoms with Crippen LogP contribution in [0.15, 0.2) is 35.5 Å². The minimum atomic E-state index is -1.78. The predicted octanol–water partition coefficient (Wildman–Crippen LogP) is -3.30. The number of H-pyrrole nitrogens is 1. The Morgan fingerprint density at radius 2 is 1.48 bits per heavy atom. The molecule has 352 valence electrons. The van der Waals surface area contributed by atoms with Gasteiger partial charge in [-0.25, -0.2) is 4.79 Å². The van der Waals surface area contributed by atoms with E-state index in [1.165, 1.54) is 4.90 Å². The Bertz CT molecular complexity index is 2050. The molecule has 0 unspecified atom stereocenters. The Labute approximate surface area is 379 Å². The number of hydrogen-bond acceptors (Lipinski definition) is 13. The molecule has 7 atom stereocenters. The number of carbonyl (C=O) groups is 9. The molecule has 15 N–H and O–H groups in total. The first-order chi connectivity index (χ1) is 30.3. The summed E-state index contributed by atoms with van der Waals surface area (Å²) in [5.41, 5.74) is 18.0. The molecule has 0 aliphatic carbocycles. The van der Waals surface area contributed by atoms with Crippen LogP contribution in [0.1, 0.15) is 51.5 Å². The molecule has 0 radical (unpaired) electrons. The number of likely N-dealkylation sites (tertiary alicyclic amines) is 1. The maximum Gasteiger partial charge on any atom is 0.327 e. The molecule has 7 amide bonds. The van der Waals surface area contributed by atoms with Gasteiger partial charge in [0.25, 0.3) is 0 Å². The van der Waals surface area contributed by atoms with Crippen molar-refractivity contribution in [3.8, 4) is 0 Å². The van der Waals surface area contributed by atoms with Crippen LogP contribution in [-0.2, 0) is 49.6 Å². The van der Waals surface area contributed by atoms with Crippen LogP contribution in [0.2, 0.25) is 0 Å². The number of nitrogens with two attached hydrogens (primary N) is 3. The number of aliphatic carboxylic acids is 2. The summed E-state index contributed by atoms with van der Waals surface area (Å²) in [7, 11) is 0. The highest BCUT2D eigenvalue weighted by atomic mass is 32.1. The first kappa shape index (κ1) is 52.3. The van der Waals surface area contributed by atoms with Gasteiger partial charge in [-0.05, 0) is 43.2 Å². The van der Waals surface area contributed by atoms with Crippen molar-refractivity contribution in [2.24, 2.45) is 28.1 Å². The molecule has 0 spiro atoms. The van der Waals surface area contributed by atoms with Crippen LogP contribution in [0, 0.1) is 5.92 Å². The van der Waals surface area contributed by atoms with E-state index in [-0.39, 0.29) is 62.2 Å². The lowest BCUT2D eigenvalue weighted by atomic mass is 10.0. The topological polar surface area (TPSA) is 376 Å². The monoisotopic (exact) mass is 934 g/mol. The molecule has 3 rings (SSSR count). The van der Waals surface area contributed by atoms with E-state index >= 15 is 0 Å². The van der Waals surface area contributed by atoms with Crippen LogP contribution in [0.25, 0.3) is 10.9 Å². The van der Waals surface area contributed by atoms with E-state index in [1.807, 2.05) is 0 Å². The molecule has 1 aromatic heterocycles. The van der Waals surface area contributed by atoms with Crippen molar-refractivity contribution in [3.63, 3.8) is 0 Å². The molecule has 0 saturated carbocycles. The van der Waals surface area contributed by atoms with Gasteiger partial charge in [-0.1, -0.05) is 32.0 Å². The number of amides is 7. The fourth-order valence-electron chi connectivity index (χ4n) is 6.68. The number of aromatic amines is 1. The molecule has 1 aliphatic heterocycles. The molecular formula is C39H58N12O11S2. The number of rotatable bonds is 25. The average Bonchev–Trinajstić information content (AvgIpc) is 3.91. The molecule has 2 aromatic rings. The molecule has 1 fully saturated rings. The Balaban J connectivity index is 1.80. The number of para-hydroxylation sites is 1. The number of nitrogens with zero attached hydrogens (tertiary/aromatic N) is 2. The van der Waals surface area contributed by atoms with Gasteiger partial charge < -0.3 is 69.2 Å². The summed E-state index contributed by atoms with van der Waals surface area (Å²) in [6.07, 6.45) is 1.24. The van der Waals surface area contributed by atoms with Gasteiger partial charge >= 0.3 is 11.9 Å². The normalized spacial score (nSPS) is 16.3. The SMILES string of the molecule is CC(C)[C@H](N)C(=O)N[C@@H](CS)C(=O)N[C@@H](CCCN=C(N)N)C(=O)NCC(=O)N[C@@H](CC(=O)O)C(=O)N[C@@H](Cc1c[nH]c2ccccc12)C(=O)N1CCC[C@H]1C(=O)N[C@@H](CS)C(=O)O. The zero-order valence-electron chi connectivity index (χ0n) is 35.4. The van der Waals surface area contributed by atoms with E-state index in [0.717, 1.165) is 0 Å². The van der Waals surface area contributed by atoms with E-state index in [4.69, 9.17) is 17.2 Å². The lowest BCUT2D eigenvalue weighted by Crippen LogP contribution is -2.59. The van der Waals surface area contributed by atoms with Gasteiger partial charge in [-0.15, -0.1) is 0 Å². The van der Waals surface area contributed by atoms with Gasteiger partial charge in [-0.2, -0.15) is 25.3 Å². The molecule has 25 heteroatoms. The van der Waals surface area contributed by atoms with Crippen LogP contribution < -0.4 is 49.1 Å². The van der Waals surface area contributed by atoms with Gasteiger partial charge in [0.05, 0.1) is 19.0 Å². The smallest absolute Gasteiger partial charge is 0.327 e. The second-order valence-electron chi connectivity index (χ2n) is 15.4. The fourth-order valence-corrected chi connectivity index (χ4v) is 7.18. The van der Waals surface area contributed by atoms with Crippen molar-refractivity contribution in [2.75, 3.05) is 31.1 Å². The Morgan fingerprint density at radius 3 is 2.11 bits per heavy atom. The first-order valence-corrected chi connectivity index (χ1v) is 21.7. The summed E-state index contributed by atoms with van der Waals surface area (Å²) in [6, 6.07) is -1.93. The fraction of sp³-hybridized carbons (Fsp3) is 0.538. The summed E-state index contributed by atoms with van der Waals surface area (Å²) in [4.78, 5) is 126. The van der Waals surface area contributed by atoms with E-state index in [1.54, 1.807) is 44.3 Å². The molecule has 64 heavy (non-hydrogen) atoms. The zero-order chi connectivity index (χ0) is 47.7. The number of carboxylic acids is 2. The molecule has 0 bridgehead atoms. The number of benzene rings is 1. The quantitative estimate of drug-likeness (QED) is 0.0201. The van der Waals surface area contributed by atoms with E-state index < -0.39 is 109 Å². The summed E-state index contributed by atoms with van der Waals surface area (Å²) in [6.45, 7) is 2.78. The number of hydrogen-bond donors (Lipinski definition) is 14. The Kier molecular flexibility index (Phi) is 20.6. The predicted molar refractivity (Wildman–Crippen MR) is 240 cm³/mol. The molecule has 23 nitrogen and oxygen atoms in total. The van der Waals surface area contributed by atoms with Crippen LogP contribution in [0.5, 0.6) is 0 Å². The maximum absolute atomic E-state index is 14.3. The van der Waals surface area contributed by atoms with Gasteiger partial charge in [-0.3, -0.25) is 43.3 Å². The number of nitrogens with one attached hydrogen (secondary N) is 7. The molecular weight excluding hydrogens is 877 g/mol. The molecule has 1 aromatic carbocycles. The summed E-state index contributed by atoms with van der Waals surface area (Å²) in [5, 5.41) is 34.5. The molecule has 1 aliphatic rings. The van der Waals surface area contributed by atoms with Gasteiger partial charge in [0.2, 0.25) is 41.4 Å². The van der Waals surface area contributed by atoms with Crippen LogP contribution in [0.3, 0.4) is 0 Å². The van der Waals surface area contributed by atoms with Gasteiger partial charge in [0, 0.05) is 48.1 Å². The highest BCUT2D eigenvalue weighted by molar-refractivity contribution is 7.80. The van der Waals surface area contributed by atoms with Crippen LogP contribution >= 0.6 is 25.3 Å². The summed E-state index contributed by atoms with van der Waals surface area (Å²) >= 11 is 8.13. The third-order valence-corrected chi connectivity index (χ3v) is 10.9. The number of aromatic nitrogens is 1. The summed E-state index contributed by atoms with van der Waals surface area (Å²) < 4.78 is 0. The number of aliphatic imine (C=N–C) groups is 1. The highest BCUT2D eigenvalue weighted by Crippen LogP contribution is 2.23. The van der Waals surface area contributed by atoms with E-state index in [9.17, 15) is 53.4 Å². The van der Waals surface area contributed by atoms with Crippen LogP contribution in [-0.4, -0.2) is 153 Å². The largest absolute Gasteiger partial charge is 0.481 e. The third kappa shape index (κ3) is 15.6. The minimum absolute atomic E-state index is 0.0422. The second-order valence-corrected chi connectivity index (χ2v) is 16.1. The van der Waals surface area contributed by atoms with Crippen LogP contribution in [0.4, 0.5) is 0 Å². The lowest BCUT2D eigenvalue weighted by molar-refractivity contribution is -0.144. The Morgan fingerprint density at radius 1 is 0.844 bits per heavy atom. The van der Waals surface area contributed by atoms with Gasteiger partial charge in [0.15, 0.2) is 5.96 Å². The second kappa shape index (κ2) is 25.3. The standard InChI is InChI=1S/C39H58N12O11S2/c1-19(2)31(40)36(59)49-26(17-63)34(57)47-23(9-5-11-43-39(41)42)32(55)45-16-29(52)46-24(14-30(53)54)33(56)48-25(13-20-15-44-22-8-4-3-7-21(20)22)37(60)51-12-6-10-28(51)35(58)50-27(18-64)38(61)62/h3-4,7-8,15,19,23-28,31,44,63-64H,5-6,9-14,16-18,40H2,1-2H3,(H,45,55)(H,46,52)(H,47,57)(H,48,56)(H,49,59)(H,50,58)(H,53,54)(H,61,62)(H4,41,42,43)/t23-,24-,25-,26-,27-,28-,31-/m0/s1. The van der Waals surface area contributed by atoms with Crippen molar-refractivity contribution in [1.82, 2.24) is 41.8 Å². The van der Waals surface area contributed by atoms with Gasteiger partial charge in [0.1, 0.15) is 36.3 Å².